The van der Waals surface area contributed by atoms with Crippen LogP contribution in [0.5, 0.6) is 0 Å². The zero-order valence-corrected chi connectivity index (χ0v) is 21.2. The first-order valence-electron chi connectivity index (χ1n) is 10.9. The van der Waals surface area contributed by atoms with Crippen LogP contribution in [0.3, 0.4) is 0 Å². The maximum absolute atomic E-state index is 12.9. The molecule has 1 fully saturated rings. The molecule has 0 aliphatic carbocycles. The van der Waals surface area contributed by atoms with Gasteiger partial charge in [-0.15, -0.1) is 0 Å². The molecule has 8 nitrogen and oxygen atoms in total. The number of rotatable bonds is 9. The molecular formula is C25H31NO7S. The maximum atomic E-state index is 12.9. The lowest BCUT2D eigenvalue weighted by Crippen LogP contribution is -2.60. The van der Waals surface area contributed by atoms with Gasteiger partial charge in [0, 0.05) is 12.8 Å². The summed E-state index contributed by atoms with van der Waals surface area (Å²) >= 11 is 0.925. The maximum Gasteiger partial charge on any atom is 0.357 e. The molecule has 0 N–H and O–H groups in total. The number of amides is 1. The van der Waals surface area contributed by atoms with E-state index in [9.17, 15) is 24.0 Å². The van der Waals surface area contributed by atoms with E-state index >= 15 is 0 Å². The van der Waals surface area contributed by atoms with Crippen LogP contribution in [0.25, 0.3) is 0 Å². The quantitative estimate of drug-likeness (QED) is 0.224. The Balaban J connectivity index is 2.17. The molecule has 184 valence electrons. The van der Waals surface area contributed by atoms with E-state index in [1.165, 1.54) is 11.8 Å². The Bertz CT molecular complexity index is 990. The number of ether oxygens (including phenoxy) is 2. The molecule has 1 heterocycles. The van der Waals surface area contributed by atoms with Gasteiger partial charge in [0.2, 0.25) is 12.7 Å². The van der Waals surface area contributed by atoms with Crippen LogP contribution in [0.2, 0.25) is 0 Å². The van der Waals surface area contributed by atoms with E-state index in [0.717, 1.165) is 17.3 Å². The molecular weight excluding hydrogens is 458 g/mol. The molecule has 0 radical (unpaired) electrons. The van der Waals surface area contributed by atoms with Crippen LogP contribution < -0.4 is 0 Å². The number of hydrogen-bond donors (Lipinski definition) is 0. The molecule has 1 aromatic rings. The Morgan fingerprint density at radius 3 is 2.15 bits per heavy atom. The molecule has 1 aliphatic rings. The van der Waals surface area contributed by atoms with E-state index in [1.54, 1.807) is 34.6 Å². The summed E-state index contributed by atoms with van der Waals surface area (Å²) in [5.74, 6) is -2.73. The minimum atomic E-state index is -0.850. The summed E-state index contributed by atoms with van der Waals surface area (Å²) < 4.78 is 10.1. The van der Waals surface area contributed by atoms with Crippen molar-refractivity contribution in [2.45, 2.75) is 59.8 Å². The van der Waals surface area contributed by atoms with Crippen molar-refractivity contribution in [2.75, 3.05) is 6.79 Å². The highest BCUT2D eigenvalue weighted by Gasteiger charge is 2.52. The topological polar surface area (TPSA) is 107 Å². The molecule has 2 rings (SSSR count). The monoisotopic (exact) mass is 489 g/mol. The Labute approximate surface area is 204 Å². The number of esters is 2. The van der Waals surface area contributed by atoms with Gasteiger partial charge in [0.1, 0.15) is 16.9 Å². The molecule has 2 atom stereocenters. The number of allylic oxidation sites excluding steroid dienone is 1. The van der Waals surface area contributed by atoms with Crippen LogP contribution in [-0.2, 0) is 39.9 Å². The second-order valence-corrected chi connectivity index (χ2v) is 10.5. The summed E-state index contributed by atoms with van der Waals surface area (Å²) in [6.45, 7) is 9.05. The average Bonchev–Trinajstić information content (AvgIpc) is 2.74. The second kappa shape index (κ2) is 11.5. The Morgan fingerprint density at radius 1 is 1.00 bits per heavy atom. The summed E-state index contributed by atoms with van der Waals surface area (Å²) in [5, 5.41) is -0.912. The first-order valence-corrected chi connectivity index (χ1v) is 11.8. The second-order valence-electron chi connectivity index (χ2n) is 9.34. The number of hydrogen-bond acceptors (Lipinski definition) is 8. The van der Waals surface area contributed by atoms with Gasteiger partial charge >= 0.3 is 11.9 Å². The average molecular weight is 490 g/mol. The lowest BCUT2D eigenvalue weighted by atomic mass is 9.91. The highest BCUT2D eigenvalue weighted by molar-refractivity contribution is 8.14. The van der Waals surface area contributed by atoms with Crippen molar-refractivity contribution in [3.8, 4) is 0 Å². The Morgan fingerprint density at radius 2 is 1.62 bits per heavy atom. The van der Waals surface area contributed by atoms with Gasteiger partial charge < -0.3 is 14.3 Å². The number of ketones is 1. The van der Waals surface area contributed by atoms with Crippen molar-refractivity contribution < 1.29 is 33.4 Å². The number of thioether (sulfide) groups is 1. The molecule has 0 bridgehead atoms. The fourth-order valence-corrected chi connectivity index (χ4v) is 4.51. The number of carbonyl (C=O) groups excluding carboxylic acids is 5. The SMILES string of the molecule is CC(=O)C[C@@H]1C(=O)N(C(C(=O)OCOC(=O)C(C)(C)C)=C(C)C)[C@@H]1SC(=O)Cc1ccccc1. The Hall–Kier alpha value is -2.94. The van der Waals surface area contributed by atoms with E-state index < -0.39 is 41.3 Å². The van der Waals surface area contributed by atoms with Crippen LogP contribution in [0, 0.1) is 11.3 Å². The van der Waals surface area contributed by atoms with Crippen molar-refractivity contribution >= 4 is 40.5 Å². The van der Waals surface area contributed by atoms with Crippen LogP contribution in [-0.4, -0.2) is 45.8 Å². The summed E-state index contributed by atoms with van der Waals surface area (Å²) in [6, 6.07) is 9.16. The zero-order valence-electron chi connectivity index (χ0n) is 20.4. The van der Waals surface area contributed by atoms with Gasteiger partial charge in [0.25, 0.3) is 0 Å². The molecule has 0 aromatic heterocycles. The highest BCUT2D eigenvalue weighted by Crippen LogP contribution is 2.42. The van der Waals surface area contributed by atoms with Gasteiger partial charge in [-0.2, -0.15) is 0 Å². The fourth-order valence-electron chi connectivity index (χ4n) is 3.30. The highest BCUT2D eigenvalue weighted by atomic mass is 32.2. The molecule has 1 amide bonds. The summed E-state index contributed by atoms with van der Waals surface area (Å²) in [4.78, 5) is 63.4. The minimum Gasteiger partial charge on any atom is -0.427 e. The third kappa shape index (κ3) is 7.03. The van der Waals surface area contributed by atoms with Crippen molar-refractivity contribution in [3.05, 3.63) is 47.2 Å². The van der Waals surface area contributed by atoms with E-state index in [2.05, 4.69) is 0 Å². The van der Waals surface area contributed by atoms with Crippen LogP contribution in [0.4, 0.5) is 0 Å². The summed E-state index contributed by atoms with van der Waals surface area (Å²) in [5.41, 5.74) is 0.521. The van der Waals surface area contributed by atoms with Crippen LogP contribution >= 0.6 is 11.8 Å². The van der Waals surface area contributed by atoms with Crippen molar-refractivity contribution in [2.24, 2.45) is 11.3 Å². The molecule has 1 aromatic carbocycles. The lowest BCUT2D eigenvalue weighted by molar-refractivity contribution is -0.173. The van der Waals surface area contributed by atoms with Gasteiger partial charge in [-0.25, -0.2) is 4.79 Å². The third-order valence-electron chi connectivity index (χ3n) is 5.00. The van der Waals surface area contributed by atoms with Crippen LogP contribution in [0.15, 0.2) is 41.6 Å². The minimum absolute atomic E-state index is 0.0263. The third-order valence-corrected chi connectivity index (χ3v) is 6.19. The predicted octanol–water partition coefficient (Wildman–Crippen LogP) is 3.64. The van der Waals surface area contributed by atoms with Gasteiger partial charge in [-0.05, 0) is 52.7 Å². The van der Waals surface area contributed by atoms with E-state index in [1.807, 2.05) is 30.3 Å². The molecule has 9 heteroatoms. The standard InChI is InChI=1S/C25H31NO7S/c1-15(2)20(23(30)32-14-33-24(31)25(4,5)6)26-21(29)18(12-16(3)27)22(26)34-19(28)13-17-10-8-7-9-11-17/h7-11,18,22H,12-14H2,1-6H3/t18-,22-/m1/s1. The predicted molar refractivity (Wildman–Crippen MR) is 127 cm³/mol. The summed E-state index contributed by atoms with van der Waals surface area (Å²) in [7, 11) is 0. The number of nitrogens with zero attached hydrogens (tertiary/aromatic N) is 1. The summed E-state index contributed by atoms with van der Waals surface area (Å²) in [6.07, 6.45) is 0.119. The molecule has 1 saturated heterocycles. The van der Waals surface area contributed by atoms with Gasteiger partial charge in [0.15, 0.2) is 5.12 Å². The number of Topliss-reactive ketones (excluding diaryl/α,β-unsaturated/α-hetero) is 1. The normalized spacial score (nSPS) is 17.5. The number of carbonyl (C=O) groups is 5. The van der Waals surface area contributed by atoms with Crippen molar-refractivity contribution in [3.63, 3.8) is 0 Å². The van der Waals surface area contributed by atoms with Crippen LogP contribution in [0.1, 0.15) is 53.5 Å². The van der Waals surface area contributed by atoms with E-state index in [4.69, 9.17) is 9.47 Å². The lowest BCUT2D eigenvalue weighted by Gasteiger charge is -2.46. The van der Waals surface area contributed by atoms with Crippen molar-refractivity contribution in [1.29, 1.82) is 0 Å². The molecule has 0 spiro atoms. The first kappa shape index (κ1) is 27.3. The van der Waals surface area contributed by atoms with E-state index in [0.29, 0.717) is 5.57 Å². The number of β-lactam (4-membered cyclic amide) rings is 1. The molecule has 1 aliphatic heterocycles. The number of likely N-dealkylation sites (tertiary alicyclic amines) is 1. The smallest absolute Gasteiger partial charge is 0.357 e. The van der Waals surface area contributed by atoms with Crippen molar-refractivity contribution in [1.82, 2.24) is 4.90 Å². The molecule has 0 saturated carbocycles. The van der Waals surface area contributed by atoms with Gasteiger partial charge in [-0.1, -0.05) is 42.1 Å². The van der Waals surface area contributed by atoms with Gasteiger partial charge in [-0.3, -0.25) is 19.3 Å². The number of benzene rings is 1. The first-order chi connectivity index (χ1) is 15.8. The zero-order chi connectivity index (χ0) is 25.6. The molecule has 34 heavy (non-hydrogen) atoms. The fraction of sp³-hybridized carbons (Fsp3) is 0.480. The van der Waals surface area contributed by atoms with E-state index in [-0.39, 0.29) is 29.4 Å². The largest absolute Gasteiger partial charge is 0.427 e. The Kier molecular flexibility index (Phi) is 9.21. The van der Waals surface area contributed by atoms with Gasteiger partial charge in [0.05, 0.1) is 11.3 Å². The molecule has 0 unspecified atom stereocenters.